The zero-order valence-corrected chi connectivity index (χ0v) is 15.1. The highest BCUT2D eigenvalue weighted by Gasteiger charge is 2.31. The second-order valence-electron chi connectivity index (χ2n) is 6.72. The first-order chi connectivity index (χ1) is 12.7. The van der Waals surface area contributed by atoms with Crippen LogP contribution in [0.3, 0.4) is 0 Å². The van der Waals surface area contributed by atoms with Gasteiger partial charge in [0.2, 0.25) is 0 Å². The lowest BCUT2D eigenvalue weighted by Gasteiger charge is -2.35. The SMILES string of the molecule is C[C@@H]1CN(C(=O)c2ccccc2Nc2cccc(C(F)(F)F)c2)C[C@@H](C)O1. The largest absolute Gasteiger partial charge is 0.416 e. The molecule has 2 aromatic rings. The van der Waals surface area contributed by atoms with Crippen LogP contribution in [0.4, 0.5) is 24.5 Å². The maximum atomic E-state index is 13.0. The lowest BCUT2D eigenvalue weighted by atomic mass is 10.1. The molecule has 1 heterocycles. The number of rotatable bonds is 3. The van der Waals surface area contributed by atoms with Crippen molar-refractivity contribution in [2.45, 2.75) is 32.2 Å². The van der Waals surface area contributed by atoms with Crippen LogP contribution in [0.25, 0.3) is 0 Å². The van der Waals surface area contributed by atoms with E-state index in [-0.39, 0.29) is 23.8 Å². The number of morpholine rings is 1. The minimum Gasteiger partial charge on any atom is -0.372 e. The Bertz CT molecular complexity index is 813. The highest BCUT2D eigenvalue weighted by Crippen LogP contribution is 2.32. The number of para-hydroxylation sites is 1. The highest BCUT2D eigenvalue weighted by molar-refractivity contribution is 6.00. The third-order valence-electron chi connectivity index (χ3n) is 4.33. The standard InChI is InChI=1S/C20H21F3N2O2/c1-13-11-25(12-14(2)27-13)19(26)17-8-3-4-9-18(17)24-16-7-5-6-15(10-16)20(21,22)23/h3-10,13-14,24H,11-12H2,1-2H3/t13-,14-/m1/s1. The van der Waals surface area contributed by atoms with Gasteiger partial charge in [-0.05, 0) is 44.2 Å². The Morgan fingerprint density at radius 3 is 2.41 bits per heavy atom. The molecule has 7 heteroatoms. The molecular formula is C20H21F3N2O2. The van der Waals surface area contributed by atoms with Crippen LogP contribution >= 0.6 is 0 Å². The zero-order valence-electron chi connectivity index (χ0n) is 15.1. The van der Waals surface area contributed by atoms with E-state index >= 15 is 0 Å². The second kappa shape index (κ2) is 7.60. The molecule has 1 aliphatic heterocycles. The molecule has 3 rings (SSSR count). The number of benzene rings is 2. The molecule has 0 aromatic heterocycles. The molecule has 1 saturated heterocycles. The number of nitrogens with zero attached hydrogens (tertiary/aromatic N) is 1. The van der Waals surface area contributed by atoms with Gasteiger partial charge in [-0.15, -0.1) is 0 Å². The summed E-state index contributed by atoms with van der Waals surface area (Å²) in [5.74, 6) is -0.174. The van der Waals surface area contributed by atoms with Crippen molar-refractivity contribution in [1.29, 1.82) is 0 Å². The van der Waals surface area contributed by atoms with Gasteiger partial charge in [-0.1, -0.05) is 18.2 Å². The van der Waals surface area contributed by atoms with Gasteiger partial charge < -0.3 is 15.0 Å². The molecule has 144 valence electrons. The first kappa shape index (κ1) is 19.2. The van der Waals surface area contributed by atoms with Gasteiger partial charge in [-0.25, -0.2) is 0 Å². The van der Waals surface area contributed by atoms with E-state index in [1.807, 2.05) is 13.8 Å². The Labute approximate surface area is 155 Å². The molecule has 4 nitrogen and oxygen atoms in total. The summed E-state index contributed by atoms with van der Waals surface area (Å²) in [6.45, 7) is 4.76. The Hall–Kier alpha value is -2.54. The van der Waals surface area contributed by atoms with Gasteiger partial charge in [0, 0.05) is 18.8 Å². The Morgan fingerprint density at radius 1 is 1.07 bits per heavy atom. The summed E-state index contributed by atoms with van der Waals surface area (Å²) in [5, 5.41) is 2.95. The fraction of sp³-hybridized carbons (Fsp3) is 0.350. The van der Waals surface area contributed by atoms with E-state index in [4.69, 9.17) is 4.74 Å². The third-order valence-corrected chi connectivity index (χ3v) is 4.33. The van der Waals surface area contributed by atoms with E-state index in [1.165, 1.54) is 12.1 Å². The minimum atomic E-state index is -4.42. The van der Waals surface area contributed by atoms with Gasteiger partial charge >= 0.3 is 6.18 Å². The van der Waals surface area contributed by atoms with Crippen molar-refractivity contribution in [2.75, 3.05) is 18.4 Å². The zero-order chi connectivity index (χ0) is 19.6. The molecule has 0 spiro atoms. The lowest BCUT2D eigenvalue weighted by Crippen LogP contribution is -2.48. The summed E-state index contributed by atoms with van der Waals surface area (Å²) in [6.07, 6.45) is -4.56. The molecule has 27 heavy (non-hydrogen) atoms. The summed E-state index contributed by atoms with van der Waals surface area (Å²) in [5.41, 5.74) is 0.408. The summed E-state index contributed by atoms with van der Waals surface area (Å²) in [4.78, 5) is 14.7. The molecule has 1 N–H and O–H groups in total. The Morgan fingerprint density at radius 2 is 1.74 bits per heavy atom. The molecule has 0 bridgehead atoms. The molecule has 2 atom stereocenters. The number of anilines is 2. The van der Waals surface area contributed by atoms with Crippen LogP contribution in [-0.4, -0.2) is 36.1 Å². The molecule has 1 aliphatic rings. The van der Waals surface area contributed by atoms with Gasteiger partial charge in [0.05, 0.1) is 29.0 Å². The van der Waals surface area contributed by atoms with Gasteiger partial charge in [-0.3, -0.25) is 4.79 Å². The third kappa shape index (κ3) is 4.60. The van der Waals surface area contributed by atoms with E-state index in [0.717, 1.165) is 12.1 Å². The molecule has 1 amide bonds. The van der Waals surface area contributed by atoms with Crippen molar-refractivity contribution < 1.29 is 22.7 Å². The topological polar surface area (TPSA) is 41.6 Å². The minimum absolute atomic E-state index is 0.0683. The average molecular weight is 378 g/mol. The van der Waals surface area contributed by atoms with Gasteiger partial charge in [0.1, 0.15) is 0 Å². The number of carbonyl (C=O) groups is 1. The fourth-order valence-electron chi connectivity index (χ4n) is 3.22. The number of nitrogens with one attached hydrogen (secondary N) is 1. The number of amides is 1. The predicted octanol–water partition coefficient (Wildman–Crippen LogP) is 4.70. The monoisotopic (exact) mass is 378 g/mol. The number of halogens is 3. The van der Waals surface area contributed by atoms with Crippen LogP contribution < -0.4 is 5.32 Å². The maximum Gasteiger partial charge on any atom is 0.416 e. The van der Waals surface area contributed by atoms with Gasteiger partial charge in [0.15, 0.2) is 0 Å². The van der Waals surface area contributed by atoms with E-state index < -0.39 is 11.7 Å². The maximum absolute atomic E-state index is 13.0. The average Bonchev–Trinajstić information content (AvgIpc) is 2.60. The molecule has 0 radical (unpaired) electrons. The second-order valence-corrected chi connectivity index (χ2v) is 6.72. The lowest BCUT2D eigenvalue weighted by molar-refractivity contribution is -0.137. The predicted molar refractivity (Wildman–Crippen MR) is 97.1 cm³/mol. The van der Waals surface area contributed by atoms with Crippen LogP contribution in [0.2, 0.25) is 0 Å². The Kier molecular flexibility index (Phi) is 5.41. The quantitative estimate of drug-likeness (QED) is 0.842. The van der Waals surface area contributed by atoms with E-state index in [9.17, 15) is 18.0 Å². The molecular weight excluding hydrogens is 357 g/mol. The van der Waals surface area contributed by atoms with E-state index in [0.29, 0.717) is 24.3 Å². The summed E-state index contributed by atoms with van der Waals surface area (Å²) < 4.78 is 44.4. The highest BCUT2D eigenvalue weighted by atomic mass is 19.4. The Balaban J connectivity index is 1.85. The normalized spacial score (nSPS) is 20.4. The number of hydrogen-bond donors (Lipinski definition) is 1. The van der Waals surface area contributed by atoms with Crippen molar-refractivity contribution in [2.24, 2.45) is 0 Å². The van der Waals surface area contributed by atoms with Crippen LogP contribution in [0.1, 0.15) is 29.8 Å². The number of hydrogen-bond acceptors (Lipinski definition) is 3. The van der Waals surface area contributed by atoms with Crippen molar-refractivity contribution >= 4 is 17.3 Å². The van der Waals surface area contributed by atoms with Gasteiger partial charge in [-0.2, -0.15) is 13.2 Å². The van der Waals surface area contributed by atoms with Crippen molar-refractivity contribution in [3.63, 3.8) is 0 Å². The number of alkyl halides is 3. The van der Waals surface area contributed by atoms with Crippen LogP contribution in [0.5, 0.6) is 0 Å². The molecule has 1 fully saturated rings. The summed E-state index contributed by atoms with van der Waals surface area (Å²) >= 11 is 0. The van der Waals surface area contributed by atoms with Crippen LogP contribution in [0.15, 0.2) is 48.5 Å². The van der Waals surface area contributed by atoms with Crippen LogP contribution in [-0.2, 0) is 10.9 Å². The first-order valence-corrected chi connectivity index (χ1v) is 8.72. The summed E-state index contributed by atoms with van der Waals surface area (Å²) in [7, 11) is 0. The van der Waals surface area contributed by atoms with E-state index in [2.05, 4.69) is 5.32 Å². The van der Waals surface area contributed by atoms with Crippen LogP contribution in [0, 0.1) is 0 Å². The molecule has 0 unspecified atom stereocenters. The number of ether oxygens (including phenoxy) is 1. The van der Waals surface area contributed by atoms with E-state index in [1.54, 1.807) is 29.2 Å². The van der Waals surface area contributed by atoms with Gasteiger partial charge in [0.25, 0.3) is 5.91 Å². The first-order valence-electron chi connectivity index (χ1n) is 8.72. The summed E-state index contributed by atoms with van der Waals surface area (Å²) in [6, 6.07) is 11.7. The van der Waals surface area contributed by atoms with Crippen molar-refractivity contribution in [1.82, 2.24) is 4.90 Å². The van der Waals surface area contributed by atoms with Crippen molar-refractivity contribution in [3.8, 4) is 0 Å². The molecule has 0 saturated carbocycles. The smallest absolute Gasteiger partial charge is 0.372 e. The fourth-order valence-corrected chi connectivity index (χ4v) is 3.22. The molecule has 2 aromatic carbocycles. The molecule has 0 aliphatic carbocycles. The number of carbonyl (C=O) groups excluding carboxylic acids is 1. The van der Waals surface area contributed by atoms with Crippen molar-refractivity contribution in [3.05, 3.63) is 59.7 Å².